The van der Waals surface area contributed by atoms with Crippen molar-refractivity contribution < 1.29 is 22.4 Å². The second-order valence-corrected chi connectivity index (χ2v) is 3.55. The summed E-state index contributed by atoms with van der Waals surface area (Å²) in [5.41, 5.74) is 0.802. The Labute approximate surface area is 94.4 Å². The number of nitrogens with one attached hydrogen (secondary N) is 2. The lowest BCUT2D eigenvalue weighted by Crippen LogP contribution is -2.41. The highest BCUT2D eigenvalue weighted by Gasteiger charge is 2.41. The van der Waals surface area contributed by atoms with Gasteiger partial charge in [0, 0.05) is 5.69 Å². The van der Waals surface area contributed by atoms with Crippen molar-refractivity contribution in [2.75, 3.05) is 6.54 Å². The third-order valence-corrected chi connectivity index (χ3v) is 2.16. The number of hydrogen-bond acceptors (Lipinski definition) is 2. The molecule has 1 aromatic heterocycles. The van der Waals surface area contributed by atoms with Crippen LogP contribution in [0.2, 0.25) is 0 Å². The summed E-state index contributed by atoms with van der Waals surface area (Å²) in [5.74, 6) is -5.09. The molecular weight excluding hydrogens is 242 g/mol. The van der Waals surface area contributed by atoms with Gasteiger partial charge >= 0.3 is 12.3 Å². The number of nitrogens with zero attached hydrogens (tertiary/aromatic N) is 1. The number of halogens is 4. The Morgan fingerprint density at radius 2 is 2.06 bits per heavy atom. The normalized spacial score (nSPS) is 11.9. The molecule has 0 fully saturated rings. The van der Waals surface area contributed by atoms with Gasteiger partial charge < -0.3 is 5.32 Å². The molecule has 0 aliphatic carbocycles. The van der Waals surface area contributed by atoms with Crippen molar-refractivity contribution in [1.29, 1.82) is 0 Å². The number of aryl methyl sites for hydroxylation is 2. The number of aromatic amines is 1. The van der Waals surface area contributed by atoms with Crippen LogP contribution in [-0.2, 0) is 0 Å². The lowest BCUT2D eigenvalue weighted by atomic mass is 10.2. The number of H-pyrrole nitrogens is 1. The summed E-state index contributed by atoms with van der Waals surface area (Å²) in [5, 5.41) is 7.95. The number of aromatic nitrogens is 2. The van der Waals surface area contributed by atoms with Gasteiger partial charge in [-0.2, -0.15) is 13.9 Å². The third kappa shape index (κ3) is 2.95. The third-order valence-electron chi connectivity index (χ3n) is 2.16. The molecule has 0 spiro atoms. The van der Waals surface area contributed by atoms with E-state index >= 15 is 0 Å². The molecule has 1 heterocycles. The number of amides is 1. The van der Waals surface area contributed by atoms with Crippen LogP contribution < -0.4 is 5.32 Å². The van der Waals surface area contributed by atoms with Crippen LogP contribution in [0, 0.1) is 13.8 Å². The van der Waals surface area contributed by atoms with Gasteiger partial charge in [-0.15, -0.1) is 0 Å². The van der Waals surface area contributed by atoms with Crippen LogP contribution in [0.15, 0.2) is 0 Å². The van der Waals surface area contributed by atoms with Crippen LogP contribution in [0.4, 0.5) is 17.6 Å². The molecule has 0 saturated heterocycles. The smallest absolute Gasteiger partial charge is 0.324 e. The largest absolute Gasteiger partial charge is 0.346 e. The fourth-order valence-corrected chi connectivity index (χ4v) is 1.25. The molecule has 0 bridgehead atoms. The van der Waals surface area contributed by atoms with Crippen molar-refractivity contribution in [2.45, 2.75) is 26.2 Å². The van der Waals surface area contributed by atoms with Gasteiger partial charge in [0.2, 0.25) is 0 Å². The molecule has 0 unspecified atom stereocenters. The highest BCUT2D eigenvalue weighted by molar-refractivity contribution is 5.96. The summed E-state index contributed by atoms with van der Waals surface area (Å²) in [6.07, 6.45) is -3.81. The Morgan fingerprint density at radius 1 is 1.47 bits per heavy atom. The van der Waals surface area contributed by atoms with Gasteiger partial charge in [-0.05, 0) is 13.8 Å². The molecular formula is C9H11F4N3O. The molecule has 8 heteroatoms. The van der Waals surface area contributed by atoms with Crippen molar-refractivity contribution in [2.24, 2.45) is 0 Å². The number of rotatable bonds is 4. The Hall–Kier alpha value is -1.60. The minimum absolute atomic E-state index is 0.0927. The van der Waals surface area contributed by atoms with E-state index in [0.29, 0.717) is 11.4 Å². The van der Waals surface area contributed by atoms with E-state index in [1.54, 1.807) is 5.32 Å². The van der Waals surface area contributed by atoms with Gasteiger partial charge in [0.15, 0.2) is 0 Å². The number of hydrogen-bond donors (Lipinski definition) is 2. The Kier molecular flexibility index (Phi) is 3.74. The predicted molar refractivity (Wildman–Crippen MR) is 51.3 cm³/mol. The molecule has 0 aromatic carbocycles. The summed E-state index contributed by atoms with van der Waals surface area (Å²) in [4.78, 5) is 11.5. The van der Waals surface area contributed by atoms with Crippen molar-refractivity contribution in [1.82, 2.24) is 15.5 Å². The van der Waals surface area contributed by atoms with Crippen LogP contribution in [-0.4, -0.2) is 35.0 Å². The molecule has 1 aromatic rings. The minimum atomic E-state index is -4.23. The molecule has 0 aliphatic rings. The first kappa shape index (κ1) is 13.5. The SMILES string of the molecule is Cc1n[nH]c(C)c1C(=O)NCC(F)(F)C(F)F. The highest BCUT2D eigenvalue weighted by Crippen LogP contribution is 2.21. The molecule has 1 amide bonds. The summed E-state index contributed by atoms with van der Waals surface area (Å²) < 4.78 is 48.8. The maximum atomic E-state index is 12.6. The minimum Gasteiger partial charge on any atom is -0.346 e. The molecule has 0 saturated carbocycles. The Balaban J connectivity index is 2.69. The van der Waals surface area contributed by atoms with E-state index < -0.39 is 24.8 Å². The van der Waals surface area contributed by atoms with E-state index in [0.717, 1.165) is 0 Å². The molecule has 96 valence electrons. The van der Waals surface area contributed by atoms with Crippen molar-refractivity contribution in [3.8, 4) is 0 Å². The van der Waals surface area contributed by atoms with Crippen molar-refractivity contribution in [3.63, 3.8) is 0 Å². The fraction of sp³-hybridized carbons (Fsp3) is 0.556. The maximum Gasteiger partial charge on any atom is 0.324 e. The zero-order chi connectivity index (χ0) is 13.2. The highest BCUT2D eigenvalue weighted by atomic mass is 19.3. The van der Waals surface area contributed by atoms with Crippen LogP contribution in [0.3, 0.4) is 0 Å². The van der Waals surface area contributed by atoms with Crippen LogP contribution in [0.1, 0.15) is 21.7 Å². The monoisotopic (exact) mass is 253 g/mol. The van der Waals surface area contributed by atoms with Gasteiger partial charge in [-0.3, -0.25) is 9.89 Å². The van der Waals surface area contributed by atoms with E-state index in [9.17, 15) is 22.4 Å². The van der Waals surface area contributed by atoms with Gasteiger partial charge in [-0.1, -0.05) is 0 Å². The van der Waals surface area contributed by atoms with Crippen LogP contribution in [0.5, 0.6) is 0 Å². The summed E-state index contributed by atoms with van der Waals surface area (Å²) in [6, 6.07) is 0. The van der Waals surface area contributed by atoms with Crippen LogP contribution in [0.25, 0.3) is 0 Å². The summed E-state index contributed by atoms with van der Waals surface area (Å²) in [7, 11) is 0. The first-order chi connectivity index (χ1) is 7.75. The average Bonchev–Trinajstić information content (AvgIpc) is 2.55. The molecule has 2 N–H and O–H groups in total. The van der Waals surface area contributed by atoms with Crippen LogP contribution >= 0.6 is 0 Å². The second kappa shape index (κ2) is 4.72. The number of carbonyl (C=O) groups excluding carboxylic acids is 1. The van der Waals surface area contributed by atoms with Gasteiger partial charge in [-0.25, -0.2) is 8.78 Å². The fourth-order valence-electron chi connectivity index (χ4n) is 1.25. The molecule has 17 heavy (non-hydrogen) atoms. The molecule has 1 rings (SSSR count). The van der Waals surface area contributed by atoms with Crippen molar-refractivity contribution >= 4 is 5.91 Å². The predicted octanol–water partition coefficient (Wildman–Crippen LogP) is 1.66. The quantitative estimate of drug-likeness (QED) is 0.802. The topological polar surface area (TPSA) is 57.8 Å². The first-order valence-corrected chi connectivity index (χ1v) is 4.71. The summed E-state index contributed by atoms with van der Waals surface area (Å²) >= 11 is 0. The zero-order valence-corrected chi connectivity index (χ0v) is 9.15. The Bertz CT molecular complexity index is 397. The molecule has 0 aliphatic heterocycles. The standard InChI is InChI=1S/C9H11F4N3O/c1-4-6(5(2)16-15-4)7(17)14-3-9(12,13)8(10)11/h8H,3H2,1-2H3,(H,14,17)(H,15,16). The summed E-state index contributed by atoms with van der Waals surface area (Å²) in [6.45, 7) is 1.62. The van der Waals surface area contributed by atoms with E-state index in [4.69, 9.17) is 0 Å². The number of carbonyl (C=O) groups is 1. The second-order valence-electron chi connectivity index (χ2n) is 3.55. The van der Waals surface area contributed by atoms with Gasteiger partial charge in [0.05, 0.1) is 17.8 Å². The van der Waals surface area contributed by atoms with Gasteiger partial charge in [0.25, 0.3) is 5.91 Å². The number of alkyl halides is 4. The van der Waals surface area contributed by atoms with Crippen molar-refractivity contribution in [3.05, 3.63) is 17.0 Å². The lowest BCUT2D eigenvalue weighted by Gasteiger charge is -2.15. The van der Waals surface area contributed by atoms with E-state index in [1.807, 2.05) is 0 Å². The van der Waals surface area contributed by atoms with Gasteiger partial charge in [0.1, 0.15) is 0 Å². The molecule has 0 atom stereocenters. The molecule has 4 nitrogen and oxygen atoms in total. The van der Waals surface area contributed by atoms with E-state index in [1.165, 1.54) is 13.8 Å². The average molecular weight is 253 g/mol. The maximum absolute atomic E-state index is 12.6. The first-order valence-electron chi connectivity index (χ1n) is 4.71. The van der Waals surface area contributed by atoms with E-state index in [2.05, 4.69) is 10.2 Å². The zero-order valence-electron chi connectivity index (χ0n) is 9.15. The molecule has 0 radical (unpaired) electrons. The Morgan fingerprint density at radius 3 is 2.47 bits per heavy atom. The lowest BCUT2D eigenvalue weighted by molar-refractivity contribution is -0.123. The van der Waals surface area contributed by atoms with E-state index in [-0.39, 0.29) is 5.56 Å².